The molecule has 108 valence electrons. The normalized spacial score (nSPS) is 36.0. The fraction of sp³-hybridized carbons (Fsp3) is 0.833. The van der Waals surface area contributed by atoms with Gasteiger partial charge in [0.15, 0.2) is 17.9 Å². The Hall–Kier alpha value is -1.02. The van der Waals surface area contributed by atoms with Crippen molar-refractivity contribution < 1.29 is 33.3 Å². The van der Waals surface area contributed by atoms with Crippen molar-refractivity contribution in [3.05, 3.63) is 0 Å². The molecule has 2 fully saturated rings. The molecule has 2 rings (SSSR count). The highest BCUT2D eigenvalue weighted by Crippen LogP contribution is 2.39. The number of methoxy groups -OCH3 is 2. The van der Waals surface area contributed by atoms with Crippen LogP contribution < -0.4 is 0 Å². The molecule has 0 radical (unpaired) electrons. The average Bonchev–Trinajstić information content (AvgIpc) is 2.81. The predicted octanol–water partition coefficient (Wildman–Crippen LogP) is 0.01000. The predicted molar refractivity (Wildman–Crippen MR) is 61.1 cm³/mol. The third-order valence-corrected chi connectivity index (χ3v) is 3.11. The van der Waals surface area contributed by atoms with E-state index in [1.165, 1.54) is 14.2 Å². The summed E-state index contributed by atoms with van der Waals surface area (Å²) < 4.78 is 26.4. The van der Waals surface area contributed by atoms with E-state index in [2.05, 4.69) is 4.74 Å². The molecule has 7 heteroatoms. The molecule has 0 aliphatic carbocycles. The molecule has 0 aromatic heterocycles. The SMILES string of the molecule is COC(=O)CC(=O)[C@H]1O[C@@H](OC)[C@@H]2OC(C)(C)O[C@@H]21. The van der Waals surface area contributed by atoms with Crippen molar-refractivity contribution in [2.24, 2.45) is 0 Å². The van der Waals surface area contributed by atoms with Gasteiger partial charge in [0.1, 0.15) is 24.7 Å². The standard InChI is InChI=1S/C12H18O7/c1-12(2)18-9-8(6(13)5-7(14)15-3)17-11(16-4)10(9)19-12/h8-11H,5H2,1-4H3/t8-,9-,10-,11-/m1/s1. The minimum Gasteiger partial charge on any atom is -0.469 e. The average molecular weight is 274 g/mol. The maximum absolute atomic E-state index is 12.0. The molecule has 0 unspecified atom stereocenters. The van der Waals surface area contributed by atoms with Gasteiger partial charge in [-0.2, -0.15) is 0 Å². The van der Waals surface area contributed by atoms with Crippen LogP contribution in [-0.4, -0.2) is 56.4 Å². The van der Waals surface area contributed by atoms with Crippen LogP contribution in [0.5, 0.6) is 0 Å². The van der Waals surface area contributed by atoms with Gasteiger partial charge < -0.3 is 23.7 Å². The van der Waals surface area contributed by atoms with E-state index >= 15 is 0 Å². The summed E-state index contributed by atoms with van der Waals surface area (Å²) in [5, 5.41) is 0. The summed E-state index contributed by atoms with van der Waals surface area (Å²) in [7, 11) is 2.69. The first kappa shape index (κ1) is 14.4. The number of carbonyl (C=O) groups excluding carboxylic acids is 2. The van der Waals surface area contributed by atoms with E-state index in [1.807, 2.05) is 0 Å². The zero-order chi connectivity index (χ0) is 14.2. The van der Waals surface area contributed by atoms with Gasteiger partial charge in [0.25, 0.3) is 0 Å². The van der Waals surface area contributed by atoms with E-state index in [0.717, 1.165) is 0 Å². The van der Waals surface area contributed by atoms with Gasteiger partial charge in [-0.3, -0.25) is 9.59 Å². The Balaban J connectivity index is 2.10. The van der Waals surface area contributed by atoms with Crippen LogP contribution in [0.1, 0.15) is 20.3 Å². The van der Waals surface area contributed by atoms with Gasteiger partial charge in [-0.1, -0.05) is 0 Å². The van der Waals surface area contributed by atoms with E-state index in [9.17, 15) is 9.59 Å². The number of ketones is 1. The minimum absolute atomic E-state index is 0.357. The van der Waals surface area contributed by atoms with Gasteiger partial charge in [0.2, 0.25) is 0 Å². The van der Waals surface area contributed by atoms with E-state index < -0.39 is 42.1 Å². The Bertz CT molecular complexity index is 378. The van der Waals surface area contributed by atoms with E-state index in [-0.39, 0.29) is 6.42 Å². The molecule has 2 heterocycles. The van der Waals surface area contributed by atoms with Crippen LogP contribution in [0.3, 0.4) is 0 Å². The van der Waals surface area contributed by atoms with Crippen LogP contribution in [0.15, 0.2) is 0 Å². The number of hydrogen-bond acceptors (Lipinski definition) is 7. The first-order valence-corrected chi connectivity index (χ1v) is 6.01. The van der Waals surface area contributed by atoms with E-state index in [1.54, 1.807) is 13.8 Å². The summed E-state index contributed by atoms with van der Waals surface area (Å²) in [5.41, 5.74) is 0. The lowest BCUT2D eigenvalue weighted by atomic mass is 10.1. The van der Waals surface area contributed by atoms with Crippen LogP contribution >= 0.6 is 0 Å². The molecule has 0 N–H and O–H groups in total. The highest BCUT2D eigenvalue weighted by molar-refractivity contribution is 5.98. The molecule has 0 spiro atoms. The smallest absolute Gasteiger partial charge is 0.313 e. The fourth-order valence-electron chi connectivity index (χ4n) is 2.33. The van der Waals surface area contributed by atoms with Crippen molar-refractivity contribution in [3.63, 3.8) is 0 Å². The third kappa shape index (κ3) is 2.79. The number of ether oxygens (including phenoxy) is 5. The van der Waals surface area contributed by atoms with E-state index in [0.29, 0.717) is 0 Å². The molecule has 7 nitrogen and oxygen atoms in total. The highest BCUT2D eigenvalue weighted by atomic mass is 16.8. The number of carbonyl (C=O) groups is 2. The summed E-state index contributed by atoms with van der Waals surface area (Å²) >= 11 is 0. The van der Waals surface area contributed by atoms with Crippen LogP contribution in [0.4, 0.5) is 0 Å². The molecule has 0 amide bonds. The largest absolute Gasteiger partial charge is 0.469 e. The lowest BCUT2D eigenvalue weighted by Gasteiger charge is -2.22. The number of esters is 1. The molecule has 2 aliphatic heterocycles. The van der Waals surface area contributed by atoms with Crippen molar-refractivity contribution in [2.45, 2.75) is 50.7 Å². The Morgan fingerprint density at radius 3 is 2.37 bits per heavy atom. The maximum Gasteiger partial charge on any atom is 0.313 e. The van der Waals surface area contributed by atoms with Gasteiger partial charge in [0.05, 0.1) is 7.11 Å². The van der Waals surface area contributed by atoms with Crippen molar-refractivity contribution in [1.29, 1.82) is 0 Å². The van der Waals surface area contributed by atoms with Crippen LogP contribution in [0, 0.1) is 0 Å². The number of hydrogen-bond donors (Lipinski definition) is 0. The van der Waals surface area contributed by atoms with Gasteiger partial charge in [-0.15, -0.1) is 0 Å². The number of rotatable bonds is 4. The molecule has 0 bridgehead atoms. The van der Waals surface area contributed by atoms with Gasteiger partial charge >= 0.3 is 5.97 Å². The van der Waals surface area contributed by atoms with Gasteiger partial charge in [-0.05, 0) is 13.8 Å². The third-order valence-electron chi connectivity index (χ3n) is 3.11. The molecule has 2 aliphatic rings. The molecule has 0 saturated carbocycles. The Morgan fingerprint density at radius 1 is 1.16 bits per heavy atom. The second-order valence-corrected chi connectivity index (χ2v) is 4.94. The summed E-state index contributed by atoms with van der Waals surface area (Å²) in [5.74, 6) is -1.81. The van der Waals surface area contributed by atoms with Crippen LogP contribution in [-0.2, 0) is 33.3 Å². The van der Waals surface area contributed by atoms with Crippen molar-refractivity contribution in [1.82, 2.24) is 0 Å². The first-order valence-electron chi connectivity index (χ1n) is 6.01. The quantitative estimate of drug-likeness (QED) is 0.527. The molecular formula is C12H18O7. The minimum atomic E-state index is -0.879. The fourth-order valence-corrected chi connectivity index (χ4v) is 2.33. The second-order valence-electron chi connectivity index (χ2n) is 4.94. The van der Waals surface area contributed by atoms with E-state index in [4.69, 9.17) is 18.9 Å². The molecule has 2 saturated heterocycles. The van der Waals surface area contributed by atoms with Gasteiger partial charge in [-0.25, -0.2) is 0 Å². The maximum atomic E-state index is 12.0. The van der Waals surface area contributed by atoms with Crippen LogP contribution in [0.2, 0.25) is 0 Å². The summed E-state index contributed by atoms with van der Waals surface area (Å²) in [4.78, 5) is 23.2. The lowest BCUT2D eigenvalue weighted by Crippen LogP contribution is -2.36. The van der Waals surface area contributed by atoms with Gasteiger partial charge in [0, 0.05) is 7.11 Å². The van der Waals surface area contributed by atoms with Crippen molar-refractivity contribution in [2.75, 3.05) is 14.2 Å². The summed E-state index contributed by atoms with van der Waals surface area (Å²) in [6.45, 7) is 3.50. The Kier molecular flexibility index (Phi) is 3.91. The number of Topliss-reactive ketones (excluding diaryl/α,β-unsaturated/α-hetero) is 1. The monoisotopic (exact) mass is 274 g/mol. The second kappa shape index (κ2) is 5.16. The first-order chi connectivity index (χ1) is 8.88. The topological polar surface area (TPSA) is 80.3 Å². The molecule has 4 atom stereocenters. The number of fused-ring (bicyclic) bond motifs is 1. The zero-order valence-corrected chi connectivity index (χ0v) is 11.4. The van der Waals surface area contributed by atoms with Crippen LogP contribution in [0.25, 0.3) is 0 Å². The molecule has 0 aromatic carbocycles. The molecular weight excluding hydrogens is 256 g/mol. The summed E-state index contributed by atoms with van der Waals surface area (Å²) in [6, 6.07) is 0. The summed E-state index contributed by atoms with van der Waals surface area (Å²) in [6.07, 6.45) is -2.97. The Morgan fingerprint density at radius 2 is 1.79 bits per heavy atom. The van der Waals surface area contributed by atoms with Crippen molar-refractivity contribution in [3.8, 4) is 0 Å². The Labute approximate surface area is 111 Å². The lowest BCUT2D eigenvalue weighted by molar-refractivity contribution is -0.225. The molecule has 0 aromatic rings. The zero-order valence-electron chi connectivity index (χ0n) is 11.4. The highest BCUT2D eigenvalue weighted by Gasteiger charge is 2.57. The molecule has 19 heavy (non-hydrogen) atoms. The van der Waals surface area contributed by atoms with Crippen molar-refractivity contribution >= 4 is 11.8 Å².